The van der Waals surface area contributed by atoms with Crippen LogP contribution in [0.15, 0.2) is 47.6 Å². The molecule has 130 valence electrons. The molecule has 1 heterocycles. The molecule has 0 aliphatic rings. The fourth-order valence-electron chi connectivity index (χ4n) is 1.88. The first-order valence-corrected chi connectivity index (χ1v) is 7.16. The largest absolute Gasteiger partial charge is 0.349 e. The van der Waals surface area contributed by atoms with E-state index < -0.39 is 6.43 Å². The topological polar surface area (TPSA) is 53.4 Å². The first-order valence-electron chi connectivity index (χ1n) is 7.16. The average Bonchev–Trinajstić information content (AvgIpc) is 2.55. The summed E-state index contributed by atoms with van der Waals surface area (Å²) in [6.07, 6.45) is -1.26. The minimum atomic E-state index is -2.60. The van der Waals surface area contributed by atoms with Crippen molar-refractivity contribution in [2.24, 2.45) is 4.99 Å². The van der Waals surface area contributed by atoms with Gasteiger partial charge in [-0.3, -0.25) is 0 Å². The fraction of sp³-hybridized carbons (Fsp3) is 0.312. The molecule has 1 aromatic heterocycles. The van der Waals surface area contributed by atoms with Gasteiger partial charge in [0.05, 0.1) is 13.1 Å². The third-order valence-electron chi connectivity index (χ3n) is 3.03. The SMILES string of the molecule is CN(C)C(=NCc1ccccc1)NCc1nccc(C(F)F)n1.I. The number of alkyl halides is 2. The lowest BCUT2D eigenvalue weighted by molar-refractivity contribution is 0.145. The van der Waals surface area contributed by atoms with Crippen molar-refractivity contribution in [3.05, 3.63) is 59.7 Å². The predicted octanol–water partition coefficient (Wildman–Crippen LogP) is 3.24. The molecular weight excluding hydrogens is 427 g/mol. The summed E-state index contributed by atoms with van der Waals surface area (Å²) in [5.41, 5.74) is 0.814. The normalized spacial score (nSPS) is 11.1. The van der Waals surface area contributed by atoms with Gasteiger partial charge in [-0.15, -0.1) is 24.0 Å². The Labute approximate surface area is 157 Å². The van der Waals surface area contributed by atoms with Gasteiger partial charge in [0.25, 0.3) is 6.43 Å². The Morgan fingerprint density at radius 3 is 2.54 bits per heavy atom. The maximum absolute atomic E-state index is 12.6. The molecule has 0 spiro atoms. The van der Waals surface area contributed by atoms with Gasteiger partial charge < -0.3 is 10.2 Å². The lowest BCUT2D eigenvalue weighted by Crippen LogP contribution is -2.36. The van der Waals surface area contributed by atoms with Crippen molar-refractivity contribution in [1.82, 2.24) is 20.2 Å². The van der Waals surface area contributed by atoms with Crippen LogP contribution in [-0.2, 0) is 13.1 Å². The van der Waals surface area contributed by atoms with Crippen LogP contribution in [0.1, 0.15) is 23.5 Å². The maximum atomic E-state index is 12.6. The van der Waals surface area contributed by atoms with Gasteiger partial charge in [-0.25, -0.2) is 23.7 Å². The van der Waals surface area contributed by atoms with Crippen LogP contribution in [0.25, 0.3) is 0 Å². The van der Waals surface area contributed by atoms with Crippen LogP contribution in [0.2, 0.25) is 0 Å². The molecule has 2 aromatic rings. The molecular formula is C16H20F2IN5. The molecule has 0 unspecified atom stereocenters. The summed E-state index contributed by atoms with van der Waals surface area (Å²) in [4.78, 5) is 14.1. The first kappa shape index (κ1) is 20.2. The molecule has 1 aromatic carbocycles. The molecule has 0 aliphatic carbocycles. The van der Waals surface area contributed by atoms with Crippen molar-refractivity contribution in [3.8, 4) is 0 Å². The highest BCUT2D eigenvalue weighted by molar-refractivity contribution is 14.0. The Kier molecular flexibility index (Phi) is 8.51. The van der Waals surface area contributed by atoms with Gasteiger partial charge in [-0.1, -0.05) is 30.3 Å². The van der Waals surface area contributed by atoms with E-state index in [1.54, 1.807) is 0 Å². The minimum Gasteiger partial charge on any atom is -0.349 e. The Morgan fingerprint density at radius 2 is 1.92 bits per heavy atom. The zero-order valence-electron chi connectivity index (χ0n) is 13.5. The van der Waals surface area contributed by atoms with Crippen LogP contribution < -0.4 is 5.32 Å². The fourth-order valence-corrected chi connectivity index (χ4v) is 1.88. The zero-order chi connectivity index (χ0) is 16.7. The van der Waals surface area contributed by atoms with Crippen molar-refractivity contribution in [1.29, 1.82) is 0 Å². The molecule has 8 heteroatoms. The standard InChI is InChI=1S/C16H19F2N5.HI/c1-23(2)16(20-10-12-6-4-3-5-7-12)21-11-14-19-9-8-13(22-14)15(17)18;/h3-9,15H,10-11H2,1-2H3,(H,20,21);1H. The molecule has 0 saturated carbocycles. The van der Waals surface area contributed by atoms with Crippen LogP contribution in [-0.4, -0.2) is 34.9 Å². The molecule has 24 heavy (non-hydrogen) atoms. The Balaban J connectivity index is 0.00000288. The summed E-state index contributed by atoms with van der Waals surface area (Å²) in [5.74, 6) is 0.942. The van der Waals surface area contributed by atoms with E-state index in [0.717, 1.165) is 5.56 Å². The highest BCUT2D eigenvalue weighted by Gasteiger charge is 2.10. The summed E-state index contributed by atoms with van der Waals surface area (Å²) in [6, 6.07) is 11.1. The van der Waals surface area contributed by atoms with Crippen molar-refractivity contribution in [2.75, 3.05) is 14.1 Å². The van der Waals surface area contributed by atoms with Gasteiger partial charge in [0, 0.05) is 20.3 Å². The minimum absolute atomic E-state index is 0. The third-order valence-corrected chi connectivity index (χ3v) is 3.03. The summed E-state index contributed by atoms with van der Waals surface area (Å²) < 4.78 is 25.3. The Hall–Kier alpha value is -1.84. The van der Waals surface area contributed by atoms with Crippen LogP contribution in [0, 0.1) is 0 Å². The van der Waals surface area contributed by atoms with Gasteiger partial charge >= 0.3 is 0 Å². The number of hydrogen-bond donors (Lipinski definition) is 1. The number of nitrogens with zero attached hydrogens (tertiary/aromatic N) is 4. The summed E-state index contributed by atoms with van der Waals surface area (Å²) in [7, 11) is 3.71. The number of guanidine groups is 1. The van der Waals surface area contributed by atoms with Gasteiger partial charge in [0.2, 0.25) is 0 Å². The summed E-state index contributed by atoms with van der Waals surface area (Å²) in [5, 5.41) is 3.08. The number of rotatable bonds is 5. The number of nitrogens with one attached hydrogen (secondary N) is 1. The number of aromatic nitrogens is 2. The van der Waals surface area contributed by atoms with Crippen molar-refractivity contribution in [3.63, 3.8) is 0 Å². The second kappa shape index (κ2) is 10.1. The molecule has 2 rings (SSSR count). The van der Waals surface area contributed by atoms with Crippen LogP contribution in [0.3, 0.4) is 0 Å². The highest BCUT2D eigenvalue weighted by atomic mass is 127. The van der Waals surface area contributed by atoms with E-state index in [4.69, 9.17) is 0 Å². The van der Waals surface area contributed by atoms with Gasteiger partial charge in [0.1, 0.15) is 11.5 Å². The monoisotopic (exact) mass is 447 g/mol. The quantitative estimate of drug-likeness (QED) is 0.435. The van der Waals surface area contributed by atoms with Crippen LogP contribution >= 0.6 is 24.0 Å². The lowest BCUT2D eigenvalue weighted by Gasteiger charge is -2.17. The average molecular weight is 447 g/mol. The molecule has 0 amide bonds. The maximum Gasteiger partial charge on any atom is 0.280 e. The predicted molar refractivity (Wildman–Crippen MR) is 101 cm³/mol. The molecule has 0 atom stereocenters. The number of aliphatic imine (C=N–C) groups is 1. The van der Waals surface area contributed by atoms with E-state index >= 15 is 0 Å². The molecule has 0 bridgehead atoms. The molecule has 1 N–H and O–H groups in total. The van der Waals surface area contributed by atoms with Crippen LogP contribution in [0.5, 0.6) is 0 Å². The first-order chi connectivity index (χ1) is 11.1. The van der Waals surface area contributed by atoms with Crippen molar-refractivity contribution in [2.45, 2.75) is 19.5 Å². The molecule has 0 aliphatic heterocycles. The Morgan fingerprint density at radius 1 is 1.21 bits per heavy atom. The number of halogens is 3. The molecule has 5 nitrogen and oxygen atoms in total. The van der Waals surface area contributed by atoms with E-state index in [9.17, 15) is 8.78 Å². The van der Waals surface area contributed by atoms with E-state index in [1.165, 1.54) is 12.3 Å². The van der Waals surface area contributed by atoms with E-state index in [2.05, 4.69) is 20.3 Å². The highest BCUT2D eigenvalue weighted by Crippen LogP contribution is 2.14. The van der Waals surface area contributed by atoms with Crippen molar-refractivity contribution < 1.29 is 8.78 Å². The number of benzene rings is 1. The molecule has 0 fully saturated rings. The summed E-state index contributed by atoms with van der Waals surface area (Å²) >= 11 is 0. The number of hydrogen-bond acceptors (Lipinski definition) is 3. The van der Waals surface area contributed by atoms with E-state index in [0.29, 0.717) is 18.3 Å². The van der Waals surface area contributed by atoms with E-state index in [-0.39, 0.29) is 36.2 Å². The lowest BCUT2D eigenvalue weighted by atomic mass is 10.2. The molecule has 0 saturated heterocycles. The zero-order valence-corrected chi connectivity index (χ0v) is 15.8. The Bertz CT molecular complexity index is 650. The van der Waals surface area contributed by atoms with Crippen LogP contribution in [0.4, 0.5) is 8.78 Å². The summed E-state index contributed by atoms with van der Waals surface area (Å²) in [6.45, 7) is 0.756. The second-order valence-electron chi connectivity index (χ2n) is 5.07. The smallest absolute Gasteiger partial charge is 0.280 e. The second-order valence-corrected chi connectivity index (χ2v) is 5.07. The van der Waals surface area contributed by atoms with Gasteiger partial charge in [0.15, 0.2) is 5.96 Å². The van der Waals surface area contributed by atoms with E-state index in [1.807, 2.05) is 49.3 Å². The van der Waals surface area contributed by atoms with Crippen molar-refractivity contribution >= 4 is 29.9 Å². The third kappa shape index (κ3) is 6.34. The van der Waals surface area contributed by atoms with Gasteiger partial charge in [-0.05, 0) is 11.6 Å². The van der Waals surface area contributed by atoms with Gasteiger partial charge in [-0.2, -0.15) is 0 Å². The molecule has 0 radical (unpaired) electrons.